The first-order valence-corrected chi connectivity index (χ1v) is 13.1. The van der Waals surface area contributed by atoms with Crippen LogP contribution in [0, 0.1) is 6.92 Å². The SMILES string of the molecule is Cc1nc2ccccc2nc1C=Cc1nc(C(=O)N(C2CCOCC2)C2CC2)cc(N2CCCC2)n1. The van der Waals surface area contributed by atoms with E-state index >= 15 is 0 Å². The second-order valence-electron chi connectivity index (χ2n) is 9.97. The first-order chi connectivity index (χ1) is 17.7. The molecule has 0 spiro atoms. The first kappa shape index (κ1) is 23.0. The number of aromatic nitrogens is 4. The van der Waals surface area contributed by atoms with Gasteiger partial charge in [0.05, 0.1) is 22.4 Å². The molecule has 0 unspecified atom stereocenters. The third-order valence-corrected chi connectivity index (χ3v) is 7.31. The molecule has 8 nitrogen and oxygen atoms in total. The number of carbonyl (C=O) groups excluding carboxylic acids is 1. The molecular weight excluding hydrogens is 452 g/mol. The summed E-state index contributed by atoms with van der Waals surface area (Å²) in [5.74, 6) is 1.37. The van der Waals surface area contributed by atoms with Gasteiger partial charge in [-0.3, -0.25) is 4.79 Å². The second-order valence-corrected chi connectivity index (χ2v) is 9.97. The van der Waals surface area contributed by atoms with E-state index in [2.05, 4.69) is 14.8 Å². The molecule has 2 aromatic heterocycles. The van der Waals surface area contributed by atoms with Crippen molar-refractivity contribution >= 4 is 34.9 Å². The second kappa shape index (κ2) is 9.93. The van der Waals surface area contributed by atoms with E-state index in [-0.39, 0.29) is 11.9 Å². The molecule has 36 heavy (non-hydrogen) atoms. The maximum atomic E-state index is 13.8. The molecule has 6 rings (SSSR count). The van der Waals surface area contributed by atoms with Gasteiger partial charge in [0.25, 0.3) is 5.91 Å². The highest BCUT2D eigenvalue weighted by Crippen LogP contribution is 2.33. The van der Waals surface area contributed by atoms with Crippen LogP contribution in [0.5, 0.6) is 0 Å². The van der Waals surface area contributed by atoms with Crippen molar-refractivity contribution in [2.45, 2.75) is 57.5 Å². The Bertz CT molecular complexity index is 1290. The van der Waals surface area contributed by atoms with E-state index in [4.69, 9.17) is 19.7 Å². The summed E-state index contributed by atoms with van der Waals surface area (Å²) in [6, 6.07) is 10.3. The molecule has 1 aliphatic carbocycles. The highest BCUT2D eigenvalue weighted by molar-refractivity contribution is 5.94. The Kier molecular flexibility index (Phi) is 6.35. The molecule has 0 bridgehead atoms. The van der Waals surface area contributed by atoms with Gasteiger partial charge in [0.1, 0.15) is 11.5 Å². The molecule has 3 aliphatic rings. The summed E-state index contributed by atoms with van der Waals surface area (Å²) in [5, 5.41) is 0. The number of rotatable bonds is 6. The van der Waals surface area contributed by atoms with Crippen LogP contribution in [0.15, 0.2) is 30.3 Å². The number of benzene rings is 1. The fraction of sp³-hybridized carbons (Fsp3) is 0.464. The van der Waals surface area contributed by atoms with Crippen molar-refractivity contribution in [1.82, 2.24) is 24.8 Å². The number of para-hydroxylation sites is 2. The molecule has 0 atom stereocenters. The van der Waals surface area contributed by atoms with Crippen molar-refractivity contribution in [3.63, 3.8) is 0 Å². The van der Waals surface area contributed by atoms with E-state index in [0.717, 1.165) is 79.9 Å². The van der Waals surface area contributed by atoms with Crippen molar-refractivity contribution in [1.29, 1.82) is 0 Å². The van der Waals surface area contributed by atoms with Gasteiger partial charge in [-0.25, -0.2) is 19.9 Å². The van der Waals surface area contributed by atoms with Crippen LogP contribution < -0.4 is 4.90 Å². The van der Waals surface area contributed by atoms with Gasteiger partial charge >= 0.3 is 0 Å². The minimum atomic E-state index is 0.0172. The lowest BCUT2D eigenvalue weighted by atomic mass is 10.1. The van der Waals surface area contributed by atoms with Crippen molar-refractivity contribution in [2.75, 3.05) is 31.2 Å². The summed E-state index contributed by atoms with van der Waals surface area (Å²) >= 11 is 0. The van der Waals surface area contributed by atoms with E-state index < -0.39 is 0 Å². The van der Waals surface area contributed by atoms with Crippen LogP contribution in [0.2, 0.25) is 0 Å². The molecule has 2 aliphatic heterocycles. The van der Waals surface area contributed by atoms with Crippen LogP contribution in [0.25, 0.3) is 23.2 Å². The molecule has 0 N–H and O–H groups in total. The number of fused-ring (bicyclic) bond motifs is 1. The zero-order valence-electron chi connectivity index (χ0n) is 20.8. The van der Waals surface area contributed by atoms with Gasteiger partial charge in [-0.2, -0.15) is 0 Å². The molecule has 1 amide bonds. The van der Waals surface area contributed by atoms with Crippen molar-refractivity contribution < 1.29 is 9.53 Å². The zero-order chi connectivity index (χ0) is 24.5. The molecule has 3 aromatic rings. The molecule has 3 fully saturated rings. The fourth-order valence-corrected chi connectivity index (χ4v) is 5.24. The van der Waals surface area contributed by atoms with E-state index in [9.17, 15) is 4.79 Å². The quantitative estimate of drug-likeness (QED) is 0.516. The Morgan fingerprint density at radius 3 is 2.36 bits per heavy atom. The van der Waals surface area contributed by atoms with Gasteiger partial charge in [0.15, 0.2) is 5.82 Å². The number of nitrogens with zero attached hydrogens (tertiary/aromatic N) is 6. The number of ether oxygens (including phenoxy) is 1. The van der Waals surface area contributed by atoms with Gasteiger partial charge < -0.3 is 14.5 Å². The number of carbonyl (C=O) groups is 1. The molecule has 1 saturated carbocycles. The van der Waals surface area contributed by atoms with Crippen LogP contribution >= 0.6 is 0 Å². The van der Waals surface area contributed by atoms with Gasteiger partial charge in [-0.15, -0.1) is 0 Å². The predicted molar refractivity (Wildman–Crippen MR) is 140 cm³/mol. The van der Waals surface area contributed by atoms with Crippen molar-refractivity contribution in [3.8, 4) is 0 Å². The smallest absolute Gasteiger partial charge is 0.273 e. The zero-order valence-corrected chi connectivity index (χ0v) is 20.8. The van der Waals surface area contributed by atoms with E-state index in [1.807, 2.05) is 49.4 Å². The Morgan fingerprint density at radius 1 is 0.944 bits per heavy atom. The maximum absolute atomic E-state index is 13.8. The van der Waals surface area contributed by atoms with Crippen LogP contribution in [-0.4, -0.2) is 69.1 Å². The number of hydrogen-bond acceptors (Lipinski definition) is 7. The summed E-state index contributed by atoms with van der Waals surface area (Å²) < 4.78 is 5.56. The van der Waals surface area contributed by atoms with Gasteiger partial charge in [0.2, 0.25) is 0 Å². The molecule has 2 saturated heterocycles. The molecular formula is C28H32N6O2. The fourth-order valence-electron chi connectivity index (χ4n) is 5.24. The van der Waals surface area contributed by atoms with Gasteiger partial charge in [-0.1, -0.05) is 12.1 Å². The Hall–Kier alpha value is -3.39. The Labute approximate surface area is 211 Å². The maximum Gasteiger partial charge on any atom is 0.273 e. The van der Waals surface area contributed by atoms with Crippen molar-refractivity contribution in [3.05, 3.63) is 53.2 Å². The standard InChI is InChI=1S/C28H32N6O2/c1-19-22(30-24-7-3-2-6-23(24)29-19)10-11-26-31-25(18-27(32-26)33-14-4-5-15-33)28(35)34(20-8-9-20)21-12-16-36-17-13-21/h2-3,6-7,10-11,18,20-21H,4-5,8-9,12-17H2,1H3. The van der Waals surface area contributed by atoms with Gasteiger partial charge in [-0.05, 0) is 69.7 Å². The van der Waals surface area contributed by atoms with Crippen LogP contribution in [0.4, 0.5) is 5.82 Å². The molecule has 4 heterocycles. The highest BCUT2D eigenvalue weighted by atomic mass is 16.5. The summed E-state index contributed by atoms with van der Waals surface area (Å²) in [6.07, 6.45) is 9.96. The number of amides is 1. The molecule has 186 valence electrons. The van der Waals surface area contributed by atoms with Crippen LogP contribution in [-0.2, 0) is 4.74 Å². The lowest BCUT2D eigenvalue weighted by Crippen LogP contribution is -2.45. The largest absolute Gasteiger partial charge is 0.381 e. The van der Waals surface area contributed by atoms with E-state index in [0.29, 0.717) is 30.8 Å². The third kappa shape index (κ3) is 4.82. The molecule has 0 radical (unpaired) electrons. The lowest BCUT2D eigenvalue weighted by Gasteiger charge is -2.34. The molecule has 8 heteroatoms. The minimum absolute atomic E-state index is 0.0172. The first-order valence-electron chi connectivity index (χ1n) is 13.1. The van der Waals surface area contributed by atoms with Crippen LogP contribution in [0.3, 0.4) is 0 Å². The Morgan fingerprint density at radius 2 is 1.64 bits per heavy atom. The lowest BCUT2D eigenvalue weighted by molar-refractivity contribution is 0.0263. The Balaban J connectivity index is 1.34. The highest BCUT2D eigenvalue weighted by Gasteiger charge is 2.39. The average Bonchev–Trinajstić information content (AvgIpc) is 3.58. The predicted octanol–water partition coefficient (Wildman–Crippen LogP) is 4.28. The minimum Gasteiger partial charge on any atom is -0.381 e. The van der Waals surface area contributed by atoms with Crippen LogP contribution in [0.1, 0.15) is 66.2 Å². The summed E-state index contributed by atoms with van der Waals surface area (Å²) in [5.41, 5.74) is 3.82. The van der Waals surface area contributed by atoms with E-state index in [1.165, 1.54) is 0 Å². The average molecular weight is 485 g/mol. The third-order valence-electron chi connectivity index (χ3n) is 7.31. The molecule has 1 aromatic carbocycles. The summed E-state index contributed by atoms with van der Waals surface area (Å²) in [7, 11) is 0. The topological polar surface area (TPSA) is 84.3 Å². The van der Waals surface area contributed by atoms with Gasteiger partial charge in [0, 0.05) is 44.5 Å². The summed E-state index contributed by atoms with van der Waals surface area (Å²) in [4.78, 5) is 37.2. The number of anilines is 1. The van der Waals surface area contributed by atoms with E-state index in [1.54, 1.807) is 0 Å². The number of hydrogen-bond donors (Lipinski definition) is 0. The monoisotopic (exact) mass is 484 g/mol. The number of aryl methyl sites for hydroxylation is 1. The normalized spacial score (nSPS) is 18.9. The van der Waals surface area contributed by atoms with Crippen molar-refractivity contribution in [2.24, 2.45) is 0 Å². The summed E-state index contributed by atoms with van der Waals surface area (Å²) in [6.45, 7) is 5.29.